The Morgan fingerprint density at radius 3 is 2.79 bits per heavy atom. The lowest BCUT2D eigenvalue weighted by molar-refractivity contribution is 0.0695. The van der Waals surface area contributed by atoms with Gasteiger partial charge in [-0.1, -0.05) is 18.2 Å². The highest BCUT2D eigenvalue weighted by Crippen LogP contribution is 2.37. The van der Waals surface area contributed by atoms with Crippen molar-refractivity contribution in [1.82, 2.24) is 10.2 Å². The van der Waals surface area contributed by atoms with Crippen LogP contribution in [0.25, 0.3) is 0 Å². The largest absolute Gasteiger partial charge is 0.478 e. The lowest BCUT2D eigenvalue weighted by atomic mass is 9.85. The van der Waals surface area contributed by atoms with Gasteiger partial charge in [-0.25, -0.2) is 4.79 Å². The molecule has 1 saturated heterocycles. The van der Waals surface area contributed by atoms with E-state index < -0.39 is 5.97 Å². The smallest absolute Gasteiger partial charge is 0.336 e. The summed E-state index contributed by atoms with van der Waals surface area (Å²) in [6, 6.07) is 10.3. The summed E-state index contributed by atoms with van der Waals surface area (Å²) >= 11 is 1.83. The van der Waals surface area contributed by atoms with Crippen LogP contribution in [-0.2, 0) is 13.1 Å². The van der Waals surface area contributed by atoms with Crippen molar-refractivity contribution in [1.29, 1.82) is 0 Å². The van der Waals surface area contributed by atoms with Crippen LogP contribution in [0.5, 0.6) is 0 Å². The van der Waals surface area contributed by atoms with E-state index in [1.54, 1.807) is 6.07 Å². The molecule has 2 aliphatic rings. The molecule has 1 aromatic carbocycles. The minimum absolute atomic E-state index is 0.309. The molecular formula is C19H22N2O2S. The fraction of sp³-hybridized carbons (Fsp3) is 0.421. The first-order valence-corrected chi connectivity index (χ1v) is 9.43. The van der Waals surface area contributed by atoms with Crippen molar-refractivity contribution in [3.05, 3.63) is 57.3 Å². The first-order valence-electron chi connectivity index (χ1n) is 8.55. The number of nitrogens with zero attached hydrogens (tertiary/aromatic N) is 1. The summed E-state index contributed by atoms with van der Waals surface area (Å²) in [6.07, 6.45) is 2.33. The molecule has 24 heavy (non-hydrogen) atoms. The van der Waals surface area contributed by atoms with Crippen LogP contribution in [0.4, 0.5) is 0 Å². The van der Waals surface area contributed by atoms with Gasteiger partial charge in [-0.3, -0.25) is 4.90 Å². The third-order valence-corrected chi connectivity index (χ3v) is 6.20. The summed E-state index contributed by atoms with van der Waals surface area (Å²) in [6.45, 7) is 3.98. The van der Waals surface area contributed by atoms with Crippen molar-refractivity contribution in [3.8, 4) is 0 Å². The molecular weight excluding hydrogens is 320 g/mol. The molecule has 4 rings (SSSR count). The van der Waals surface area contributed by atoms with Crippen LogP contribution in [-0.4, -0.2) is 29.1 Å². The summed E-state index contributed by atoms with van der Waals surface area (Å²) < 4.78 is 0. The van der Waals surface area contributed by atoms with E-state index >= 15 is 0 Å². The van der Waals surface area contributed by atoms with Gasteiger partial charge >= 0.3 is 5.97 Å². The van der Waals surface area contributed by atoms with Crippen LogP contribution in [0.2, 0.25) is 0 Å². The number of hydrogen-bond donors (Lipinski definition) is 2. The Labute approximate surface area is 146 Å². The Morgan fingerprint density at radius 1 is 1.25 bits per heavy atom. The predicted molar refractivity (Wildman–Crippen MR) is 95.3 cm³/mol. The van der Waals surface area contributed by atoms with E-state index in [0.717, 1.165) is 25.2 Å². The number of fused-ring (bicyclic) bond motifs is 1. The summed E-state index contributed by atoms with van der Waals surface area (Å²) in [5, 5.41) is 15.1. The van der Waals surface area contributed by atoms with E-state index in [0.29, 0.717) is 24.1 Å². The number of benzene rings is 1. The number of rotatable bonds is 4. The predicted octanol–water partition coefficient (Wildman–Crippen LogP) is 3.50. The van der Waals surface area contributed by atoms with Crippen LogP contribution in [0.1, 0.15) is 45.2 Å². The first kappa shape index (κ1) is 15.8. The van der Waals surface area contributed by atoms with E-state index in [2.05, 4.69) is 33.8 Å². The highest BCUT2D eigenvalue weighted by atomic mass is 32.1. The molecule has 0 bridgehead atoms. The molecule has 0 radical (unpaired) electrons. The maximum atomic E-state index is 11.4. The monoisotopic (exact) mass is 342 g/mol. The number of aromatic carboxylic acids is 1. The Hall–Kier alpha value is -1.69. The Balaban J connectivity index is 1.43. The van der Waals surface area contributed by atoms with Crippen molar-refractivity contribution in [2.75, 3.05) is 13.1 Å². The van der Waals surface area contributed by atoms with Gasteiger partial charge in [0, 0.05) is 24.0 Å². The first-order chi connectivity index (χ1) is 11.7. The molecule has 1 atom stereocenters. The summed E-state index contributed by atoms with van der Waals surface area (Å²) in [5.74, 6) is -0.227. The number of carbonyl (C=O) groups is 1. The van der Waals surface area contributed by atoms with Gasteiger partial charge in [-0.2, -0.15) is 0 Å². The lowest BCUT2D eigenvalue weighted by Gasteiger charge is -2.35. The molecule has 4 nitrogen and oxygen atoms in total. The van der Waals surface area contributed by atoms with Crippen molar-refractivity contribution < 1.29 is 9.90 Å². The van der Waals surface area contributed by atoms with Crippen molar-refractivity contribution in [3.63, 3.8) is 0 Å². The van der Waals surface area contributed by atoms with Gasteiger partial charge < -0.3 is 10.4 Å². The minimum Gasteiger partial charge on any atom is -0.478 e. The number of carboxylic acids is 1. The zero-order valence-electron chi connectivity index (χ0n) is 13.6. The summed E-state index contributed by atoms with van der Waals surface area (Å²) in [5.41, 5.74) is 2.64. The Kier molecular flexibility index (Phi) is 4.39. The zero-order chi connectivity index (χ0) is 16.5. The summed E-state index contributed by atoms with van der Waals surface area (Å²) in [4.78, 5) is 15.4. The fourth-order valence-corrected chi connectivity index (χ4v) is 4.85. The number of thiophene rings is 1. The molecule has 1 aromatic heterocycles. The summed E-state index contributed by atoms with van der Waals surface area (Å²) in [7, 11) is 0. The molecule has 3 heterocycles. The van der Waals surface area contributed by atoms with E-state index in [4.69, 9.17) is 0 Å². The Morgan fingerprint density at radius 2 is 2.08 bits per heavy atom. The van der Waals surface area contributed by atoms with Crippen LogP contribution in [0.3, 0.4) is 0 Å². The highest BCUT2D eigenvalue weighted by Gasteiger charge is 2.33. The molecule has 0 spiro atoms. The SMILES string of the molecule is O=C(O)c1cccc2c1CNC2C1CCN(Cc2cccs2)CC1. The van der Waals surface area contributed by atoms with E-state index in [9.17, 15) is 9.90 Å². The van der Waals surface area contributed by atoms with Crippen LogP contribution in [0, 0.1) is 5.92 Å². The molecule has 2 aliphatic heterocycles. The number of likely N-dealkylation sites (tertiary alicyclic amines) is 1. The minimum atomic E-state index is -0.819. The second kappa shape index (κ2) is 6.67. The molecule has 0 aliphatic carbocycles. The normalized spacial score (nSPS) is 21.8. The average Bonchev–Trinajstić information content (AvgIpc) is 3.24. The molecule has 5 heteroatoms. The van der Waals surface area contributed by atoms with Gasteiger partial charge in [-0.15, -0.1) is 11.3 Å². The van der Waals surface area contributed by atoms with Crippen LogP contribution >= 0.6 is 11.3 Å². The number of carboxylic acid groups (broad SMARTS) is 1. The number of nitrogens with one attached hydrogen (secondary N) is 1. The van der Waals surface area contributed by atoms with E-state index in [1.165, 1.54) is 23.3 Å². The quantitative estimate of drug-likeness (QED) is 0.893. The molecule has 2 aromatic rings. The second-order valence-corrected chi connectivity index (χ2v) is 7.76. The maximum absolute atomic E-state index is 11.4. The van der Waals surface area contributed by atoms with E-state index in [-0.39, 0.29) is 0 Å². The lowest BCUT2D eigenvalue weighted by Crippen LogP contribution is -2.36. The molecule has 1 unspecified atom stereocenters. The standard InChI is InChI=1S/C19H22N2O2S/c22-19(23)16-5-1-4-15-17(16)11-20-18(15)13-6-8-21(9-7-13)12-14-3-2-10-24-14/h1-5,10,13,18,20H,6-9,11-12H2,(H,22,23). The van der Waals surface area contributed by atoms with Crippen molar-refractivity contribution in [2.24, 2.45) is 5.92 Å². The molecule has 0 amide bonds. The van der Waals surface area contributed by atoms with Crippen LogP contribution in [0.15, 0.2) is 35.7 Å². The molecule has 0 saturated carbocycles. The molecule has 126 valence electrons. The van der Waals surface area contributed by atoms with Crippen LogP contribution < -0.4 is 5.32 Å². The average molecular weight is 342 g/mol. The molecule has 2 N–H and O–H groups in total. The third kappa shape index (κ3) is 2.99. The maximum Gasteiger partial charge on any atom is 0.336 e. The Bertz CT molecular complexity index is 721. The van der Waals surface area contributed by atoms with E-state index in [1.807, 2.05) is 17.4 Å². The molecule has 1 fully saturated rings. The van der Waals surface area contributed by atoms with Crippen molar-refractivity contribution in [2.45, 2.75) is 32.0 Å². The second-order valence-electron chi connectivity index (χ2n) is 6.73. The fourth-order valence-electron chi connectivity index (χ4n) is 4.10. The third-order valence-electron chi connectivity index (χ3n) is 5.34. The van der Waals surface area contributed by atoms with Gasteiger partial charge in [0.15, 0.2) is 0 Å². The van der Waals surface area contributed by atoms with Crippen molar-refractivity contribution >= 4 is 17.3 Å². The van der Waals surface area contributed by atoms with Gasteiger partial charge in [0.05, 0.1) is 5.56 Å². The number of hydrogen-bond acceptors (Lipinski definition) is 4. The van der Waals surface area contributed by atoms with Gasteiger partial charge in [0.25, 0.3) is 0 Å². The number of piperidine rings is 1. The zero-order valence-corrected chi connectivity index (χ0v) is 14.4. The van der Waals surface area contributed by atoms with Gasteiger partial charge in [0.2, 0.25) is 0 Å². The highest BCUT2D eigenvalue weighted by molar-refractivity contribution is 7.09. The van der Waals surface area contributed by atoms with Gasteiger partial charge in [0.1, 0.15) is 0 Å². The topological polar surface area (TPSA) is 52.6 Å². The van der Waals surface area contributed by atoms with Gasteiger partial charge in [-0.05, 0) is 60.5 Å².